The fourth-order valence-corrected chi connectivity index (χ4v) is 1.82. The summed E-state index contributed by atoms with van der Waals surface area (Å²) in [6.45, 7) is 4.14. The van der Waals surface area contributed by atoms with Crippen LogP contribution in [0.25, 0.3) is 0 Å². The first-order valence-corrected chi connectivity index (χ1v) is 4.96. The van der Waals surface area contributed by atoms with Gasteiger partial charge in [0, 0.05) is 12.6 Å². The Balaban J connectivity index is 1.92. The summed E-state index contributed by atoms with van der Waals surface area (Å²) in [5.74, 6) is -0.191. The molecule has 1 saturated carbocycles. The van der Waals surface area contributed by atoms with E-state index < -0.39 is 0 Å². The van der Waals surface area contributed by atoms with Crippen molar-refractivity contribution in [3.8, 4) is 0 Å². The van der Waals surface area contributed by atoms with Crippen LogP contribution in [-0.2, 0) is 9.59 Å². The molecule has 1 saturated heterocycles. The smallest absolute Gasteiger partial charge is 0.245 e. The van der Waals surface area contributed by atoms with Crippen LogP contribution in [0.1, 0.15) is 19.3 Å². The molecule has 0 aromatic carbocycles. The van der Waals surface area contributed by atoms with Crippen LogP contribution in [0.2, 0.25) is 0 Å². The van der Waals surface area contributed by atoms with Gasteiger partial charge in [0.05, 0.1) is 0 Å². The number of hydrogen-bond acceptors (Lipinski definition) is 2. The minimum atomic E-state index is -0.318. The van der Waals surface area contributed by atoms with E-state index in [1.165, 1.54) is 6.08 Å². The summed E-state index contributed by atoms with van der Waals surface area (Å²) in [5, 5.41) is 2.64. The van der Waals surface area contributed by atoms with Gasteiger partial charge in [-0.05, 0) is 25.3 Å². The van der Waals surface area contributed by atoms with Crippen LogP contribution in [0.15, 0.2) is 12.7 Å². The highest BCUT2D eigenvalue weighted by Gasteiger charge is 2.40. The predicted octanol–water partition coefficient (Wildman–Crippen LogP) is 0.0519. The number of hydrogen-bond donors (Lipinski definition) is 1. The van der Waals surface area contributed by atoms with Gasteiger partial charge in [0.25, 0.3) is 0 Å². The van der Waals surface area contributed by atoms with Gasteiger partial charge in [-0.15, -0.1) is 0 Å². The maximum atomic E-state index is 11.7. The van der Waals surface area contributed by atoms with Crippen molar-refractivity contribution in [2.45, 2.75) is 31.3 Å². The molecule has 0 radical (unpaired) electrons. The lowest BCUT2D eigenvalue weighted by atomic mass is 10.2. The van der Waals surface area contributed by atoms with Crippen molar-refractivity contribution in [2.75, 3.05) is 6.54 Å². The Morgan fingerprint density at radius 1 is 1.50 bits per heavy atom. The highest BCUT2D eigenvalue weighted by molar-refractivity contribution is 5.93. The first-order valence-electron chi connectivity index (χ1n) is 4.96. The van der Waals surface area contributed by atoms with Crippen molar-refractivity contribution in [3.63, 3.8) is 0 Å². The van der Waals surface area contributed by atoms with Crippen LogP contribution in [0.3, 0.4) is 0 Å². The molecule has 14 heavy (non-hydrogen) atoms. The number of nitrogens with one attached hydrogen (secondary N) is 1. The second-order valence-corrected chi connectivity index (χ2v) is 3.82. The molecule has 2 fully saturated rings. The van der Waals surface area contributed by atoms with Gasteiger partial charge in [0.2, 0.25) is 11.8 Å². The van der Waals surface area contributed by atoms with Crippen LogP contribution in [0.5, 0.6) is 0 Å². The summed E-state index contributed by atoms with van der Waals surface area (Å²) in [5.41, 5.74) is 0. The van der Waals surface area contributed by atoms with Crippen molar-refractivity contribution >= 4 is 11.8 Å². The average molecular weight is 194 g/mol. The third-order valence-electron chi connectivity index (χ3n) is 2.73. The first kappa shape index (κ1) is 9.24. The molecule has 0 spiro atoms. The molecule has 1 unspecified atom stereocenters. The minimum Gasteiger partial charge on any atom is -0.341 e. The molecule has 0 bridgehead atoms. The quantitative estimate of drug-likeness (QED) is 0.645. The van der Waals surface area contributed by atoms with E-state index in [9.17, 15) is 9.59 Å². The van der Waals surface area contributed by atoms with Crippen LogP contribution in [-0.4, -0.2) is 35.3 Å². The van der Waals surface area contributed by atoms with Gasteiger partial charge in [0.1, 0.15) is 6.04 Å². The topological polar surface area (TPSA) is 49.4 Å². The zero-order valence-corrected chi connectivity index (χ0v) is 8.03. The molecule has 2 aliphatic rings. The molecule has 1 aliphatic heterocycles. The van der Waals surface area contributed by atoms with Crippen molar-refractivity contribution < 1.29 is 9.59 Å². The maximum absolute atomic E-state index is 11.7. The minimum absolute atomic E-state index is 0.0719. The molecule has 1 aliphatic carbocycles. The lowest BCUT2D eigenvalue weighted by Gasteiger charge is -2.15. The molecule has 0 aromatic rings. The number of rotatable bonds is 3. The van der Waals surface area contributed by atoms with Gasteiger partial charge >= 0.3 is 0 Å². The van der Waals surface area contributed by atoms with E-state index in [0.717, 1.165) is 25.8 Å². The van der Waals surface area contributed by atoms with E-state index in [2.05, 4.69) is 11.9 Å². The highest BCUT2D eigenvalue weighted by atomic mass is 16.2. The van der Waals surface area contributed by atoms with Gasteiger partial charge < -0.3 is 10.2 Å². The third-order valence-corrected chi connectivity index (χ3v) is 2.73. The molecule has 0 aromatic heterocycles. The van der Waals surface area contributed by atoms with Crippen molar-refractivity contribution in [1.82, 2.24) is 10.2 Å². The van der Waals surface area contributed by atoms with E-state index in [1.54, 1.807) is 0 Å². The van der Waals surface area contributed by atoms with Gasteiger partial charge in [-0.25, -0.2) is 0 Å². The second kappa shape index (κ2) is 3.44. The van der Waals surface area contributed by atoms with E-state index in [-0.39, 0.29) is 17.9 Å². The van der Waals surface area contributed by atoms with Crippen molar-refractivity contribution in [2.24, 2.45) is 0 Å². The van der Waals surface area contributed by atoms with Crippen LogP contribution in [0.4, 0.5) is 0 Å². The number of nitrogens with zero attached hydrogens (tertiary/aromatic N) is 1. The summed E-state index contributed by atoms with van der Waals surface area (Å²) in [4.78, 5) is 24.6. The summed E-state index contributed by atoms with van der Waals surface area (Å²) in [6.07, 6.45) is 4.17. The molecular formula is C10H14N2O2. The fraction of sp³-hybridized carbons (Fsp3) is 0.600. The largest absolute Gasteiger partial charge is 0.341 e. The zero-order chi connectivity index (χ0) is 10.1. The van der Waals surface area contributed by atoms with Crippen LogP contribution in [0, 0.1) is 0 Å². The van der Waals surface area contributed by atoms with Gasteiger partial charge in [-0.2, -0.15) is 0 Å². The van der Waals surface area contributed by atoms with E-state index in [0.29, 0.717) is 6.04 Å². The third kappa shape index (κ3) is 1.64. The Hall–Kier alpha value is -1.32. The Bertz CT molecular complexity index is 284. The maximum Gasteiger partial charge on any atom is 0.245 e. The predicted molar refractivity (Wildman–Crippen MR) is 51.5 cm³/mol. The average Bonchev–Trinajstić information content (AvgIpc) is 2.95. The Labute approximate surface area is 83.0 Å². The Morgan fingerprint density at radius 2 is 2.21 bits per heavy atom. The normalized spacial score (nSPS) is 26.4. The highest BCUT2D eigenvalue weighted by Crippen LogP contribution is 2.30. The van der Waals surface area contributed by atoms with Crippen LogP contribution >= 0.6 is 0 Å². The number of carbonyl (C=O) groups excluding carboxylic acids is 2. The first-order chi connectivity index (χ1) is 6.72. The summed E-state index contributed by atoms with van der Waals surface area (Å²) < 4.78 is 0. The lowest BCUT2D eigenvalue weighted by molar-refractivity contribution is -0.132. The van der Waals surface area contributed by atoms with Crippen molar-refractivity contribution in [3.05, 3.63) is 12.7 Å². The summed E-state index contributed by atoms with van der Waals surface area (Å²) >= 11 is 0. The van der Waals surface area contributed by atoms with E-state index in [1.807, 2.05) is 4.90 Å². The molecule has 1 N–H and O–H groups in total. The summed E-state index contributed by atoms with van der Waals surface area (Å²) in [7, 11) is 0. The van der Waals surface area contributed by atoms with Gasteiger partial charge in [-0.3, -0.25) is 9.59 Å². The molecule has 2 rings (SSSR count). The lowest BCUT2D eigenvalue weighted by Crippen LogP contribution is -2.41. The monoisotopic (exact) mass is 194 g/mol. The number of carbonyl (C=O) groups is 2. The Morgan fingerprint density at radius 3 is 2.79 bits per heavy atom. The molecule has 4 heteroatoms. The van der Waals surface area contributed by atoms with Crippen molar-refractivity contribution in [1.29, 1.82) is 0 Å². The van der Waals surface area contributed by atoms with E-state index in [4.69, 9.17) is 0 Å². The molecular weight excluding hydrogens is 180 g/mol. The SMILES string of the molecule is C=CC(=O)NC1CCN(C2CC2)C1=O. The number of amides is 2. The van der Waals surface area contributed by atoms with Gasteiger partial charge in [-0.1, -0.05) is 6.58 Å². The van der Waals surface area contributed by atoms with Gasteiger partial charge in [0.15, 0.2) is 0 Å². The molecule has 1 atom stereocenters. The summed E-state index contributed by atoms with van der Waals surface area (Å²) in [6, 6.07) is 0.134. The second-order valence-electron chi connectivity index (χ2n) is 3.82. The molecule has 4 nitrogen and oxygen atoms in total. The fourth-order valence-electron chi connectivity index (χ4n) is 1.82. The molecule has 1 heterocycles. The molecule has 2 amide bonds. The standard InChI is InChI=1S/C10H14N2O2/c1-2-9(13)11-8-5-6-12(10(8)14)7-3-4-7/h2,7-8H,1,3-6H2,(H,11,13). The molecule has 76 valence electrons. The van der Waals surface area contributed by atoms with Crippen LogP contribution < -0.4 is 5.32 Å². The Kier molecular flexibility index (Phi) is 2.27. The zero-order valence-electron chi connectivity index (χ0n) is 8.03. The van der Waals surface area contributed by atoms with E-state index >= 15 is 0 Å². The number of likely N-dealkylation sites (tertiary alicyclic amines) is 1.